The van der Waals surface area contributed by atoms with Gasteiger partial charge in [-0.25, -0.2) is 0 Å². The molecule has 3 rings (SSSR count). The largest absolute Gasteiger partial charge is 0.326 e. The van der Waals surface area contributed by atoms with Gasteiger partial charge in [-0.15, -0.1) is 5.10 Å². The van der Waals surface area contributed by atoms with E-state index < -0.39 is 5.41 Å². The van der Waals surface area contributed by atoms with Crippen LogP contribution in [0.15, 0.2) is 47.6 Å². The van der Waals surface area contributed by atoms with Crippen molar-refractivity contribution in [1.29, 1.82) is 0 Å². The molecular formula is C23H27N5O2S. The van der Waals surface area contributed by atoms with E-state index in [-0.39, 0.29) is 16.9 Å². The van der Waals surface area contributed by atoms with Crippen LogP contribution in [0.1, 0.15) is 49.2 Å². The molecule has 0 radical (unpaired) electrons. The Labute approximate surface area is 186 Å². The molecular weight excluding hydrogens is 410 g/mol. The van der Waals surface area contributed by atoms with Gasteiger partial charge in [-0.2, -0.15) is 4.68 Å². The summed E-state index contributed by atoms with van der Waals surface area (Å²) in [5.74, 6) is -0.109. The average molecular weight is 438 g/mol. The second kappa shape index (κ2) is 9.01. The molecule has 0 aliphatic carbocycles. The zero-order chi connectivity index (χ0) is 22.8. The van der Waals surface area contributed by atoms with E-state index in [4.69, 9.17) is 0 Å². The van der Waals surface area contributed by atoms with E-state index in [0.29, 0.717) is 16.4 Å². The minimum absolute atomic E-state index is 0.0334. The Hall–Kier alpha value is -3.00. The number of hydrogen-bond donors (Lipinski definition) is 1. The molecule has 1 N–H and O–H groups in total. The summed E-state index contributed by atoms with van der Waals surface area (Å²) >= 11 is 1.31. The van der Waals surface area contributed by atoms with E-state index in [9.17, 15) is 9.59 Å². The van der Waals surface area contributed by atoms with Gasteiger partial charge in [0, 0.05) is 16.7 Å². The van der Waals surface area contributed by atoms with Gasteiger partial charge >= 0.3 is 0 Å². The molecule has 31 heavy (non-hydrogen) atoms. The van der Waals surface area contributed by atoms with Crippen LogP contribution in [-0.2, 0) is 4.79 Å². The number of rotatable bonds is 6. The quantitative estimate of drug-likeness (QED) is 0.447. The van der Waals surface area contributed by atoms with Crippen molar-refractivity contribution in [1.82, 2.24) is 20.2 Å². The number of tetrazole rings is 1. The van der Waals surface area contributed by atoms with Crippen molar-refractivity contribution < 1.29 is 9.59 Å². The van der Waals surface area contributed by atoms with Crippen LogP contribution in [0.4, 0.5) is 5.69 Å². The summed E-state index contributed by atoms with van der Waals surface area (Å²) in [6.45, 7) is 11.4. The molecule has 0 aliphatic heterocycles. The van der Waals surface area contributed by atoms with Crippen LogP contribution in [0.2, 0.25) is 0 Å². The molecule has 1 amide bonds. The van der Waals surface area contributed by atoms with Gasteiger partial charge in [-0.05, 0) is 67.1 Å². The Morgan fingerprint density at radius 1 is 1.06 bits per heavy atom. The first kappa shape index (κ1) is 22.7. The third-order valence-corrected chi connectivity index (χ3v) is 5.81. The minimum Gasteiger partial charge on any atom is -0.326 e. The van der Waals surface area contributed by atoms with Crippen LogP contribution in [0.25, 0.3) is 5.69 Å². The lowest BCUT2D eigenvalue weighted by Gasteiger charge is -2.18. The number of aromatic nitrogens is 4. The molecule has 1 unspecified atom stereocenters. The number of Topliss-reactive ketones (excluding diaryl/α,β-unsaturated/α-hetero) is 1. The molecule has 0 saturated carbocycles. The molecule has 3 aromatic rings. The average Bonchev–Trinajstić information content (AvgIpc) is 3.15. The number of nitrogens with one attached hydrogen (secondary N) is 1. The lowest BCUT2D eigenvalue weighted by atomic mass is 9.95. The third-order valence-electron chi connectivity index (χ3n) is 4.78. The van der Waals surface area contributed by atoms with Crippen LogP contribution in [0.3, 0.4) is 0 Å². The molecule has 0 bridgehead atoms. The Balaban J connectivity index is 1.72. The number of anilines is 1. The predicted octanol–water partition coefficient (Wildman–Crippen LogP) is 4.63. The summed E-state index contributed by atoms with van der Waals surface area (Å²) < 4.78 is 1.66. The van der Waals surface area contributed by atoms with Crippen molar-refractivity contribution in [2.75, 3.05) is 5.32 Å². The predicted molar refractivity (Wildman–Crippen MR) is 123 cm³/mol. The number of benzene rings is 2. The zero-order valence-corrected chi connectivity index (χ0v) is 19.4. The van der Waals surface area contributed by atoms with E-state index in [1.165, 1.54) is 11.8 Å². The summed E-state index contributed by atoms with van der Waals surface area (Å²) in [6.07, 6.45) is 0. The zero-order valence-electron chi connectivity index (χ0n) is 18.6. The van der Waals surface area contributed by atoms with E-state index in [2.05, 4.69) is 26.9 Å². The first-order valence-corrected chi connectivity index (χ1v) is 10.9. The number of hydrogen-bond acceptors (Lipinski definition) is 6. The fourth-order valence-corrected chi connectivity index (χ4v) is 3.81. The molecule has 0 fully saturated rings. The highest BCUT2D eigenvalue weighted by atomic mass is 32.2. The third kappa shape index (κ3) is 5.38. The van der Waals surface area contributed by atoms with E-state index in [1.807, 2.05) is 53.7 Å². The number of carbonyl (C=O) groups is 2. The van der Waals surface area contributed by atoms with Gasteiger partial charge in [-0.3, -0.25) is 9.59 Å². The van der Waals surface area contributed by atoms with Crippen molar-refractivity contribution in [3.05, 3.63) is 59.2 Å². The molecule has 0 saturated heterocycles. The monoisotopic (exact) mass is 437 g/mol. The number of nitrogens with zero attached hydrogens (tertiary/aromatic N) is 4. The standard InChI is InChI=1S/C23H27N5O2S/c1-14-7-12-19(15(2)13-14)28-22(25-26-27-28)31-16(3)20(29)17-8-10-18(11-9-17)24-21(30)23(4,5)6/h7-13,16H,1-6H3,(H,24,30). The van der Waals surface area contributed by atoms with Gasteiger partial charge in [0.25, 0.3) is 0 Å². The number of ketones is 1. The van der Waals surface area contributed by atoms with Crippen LogP contribution >= 0.6 is 11.8 Å². The van der Waals surface area contributed by atoms with E-state index in [1.54, 1.807) is 28.9 Å². The Kier molecular flexibility index (Phi) is 6.59. The maximum absolute atomic E-state index is 12.9. The molecule has 2 aromatic carbocycles. The smallest absolute Gasteiger partial charge is 0.229 e. The van der Waals surface area contributed by atoms with Crippen LogP contribution < -0.4 is 5.32 Å². The van der Waals surface area contributed by atoms with Crippen molar-refractivity contribution in [3.63, 3.8) is 0 Å². The first-order valence-electron chi connectivity index (χ1n) is 10.0. The highest BCUT2D eigenvalue weighted by molar-refractivity contribution is 8.00. The molecule has 8 heteroatoms. The Bertz CT molecular complexity index is 1100. The summed E-state index contributed by atoms with van der Waals surface area (Å²) in [5, 5.41) is 15.0. The second-order valence-electron chi connectivity index (χ2n) is 8.57. The lowest BCUT2D eigenvalue weighted by molar-refractivity contribution is -0.123. The summed E-state index contributed by atoms with van der Waals surface area (Å²) in [7, 11) is 0. The van der Waals surface area contributed by atoms with Crippen LogP contribution in [-0.4, -0.2) is 37.1 Å². The summed E-state index contributed by atoms with van der Waals surface area (Å²) in [4.78, 5) is 25.1. The highest BCUT2D eigenvalue weighted by Crippen LogP contribution is 2.27. The minimum atomic E-state index is -0.487. The Morgan fingerprint density at radius 3 is 2.35 bits per heavy atom. The second-order valence-corrected chi connectivity index (χ2v) is 9.88. The summed E-state index contributed by atoms with van der Waals surface area (Å²) in [5.41, 5.74) is 3.85. The number of amides is 1. The van der Waals surface area contributed by atoms with Crippen molar-refractivity contribution in [2.45, 2.75) is 51.9 Å². The number of thioether (sulfide) groups is 1. The molecule has 0 aliphatic rings. The normalized spacial score (nSPS) is 12.5. The van der Waals surface area contributed by atoms with Gasteiger partial charge in [-0.1, -0.05) is 50.2 Å². The molecule has 0 spiro atoms. The van der Waals surface area contributed by atoms with Gasteiger partial charge in [0.05, 0.1) is 10.9 Å². The lowest BCUT2D eigenvalue weighted by Crippen LogP contribution is -2.27. The summed E-state index contributed by atoms with van der Waals surface area (Å²) in [6, 6.07) is 13.0. The Morgan fingerprint density at radius 2 is 1.74 bits per heavy atom. The fourth-order valence-electron chi connectivity index (χ4n) is 2.93. The number of carbonyl (C=O) groups excluding carboxylic acids is 2. The molecule has 7 nitrogen and oxygen atoms in total. The molecule has 1 aromatic heterocycles. The van der Waals surface area contributed by atoms with Crippen molar-refractivity contribution >= 4 is 29.1 Å². The van der Waals surface area contributed by atoms with E-state index >= 15 is 0 Å². The SMILES string of the molecule is Cc1ccc(-n2nnnc2SC(C)C(=O)c2ccc(NC(=O)C(C)(C)C)cc2)c(C)c1. The van der Waals surface area contributed by atoms with E-state index in [0.717, 1.165) is 16.8 Å². The molecule has 1 heterocycles. The molecule has 1 atom stereocenters. The van der Waals surface area contributed by atoms with Crippen molar-refractivity contribution in [3.8, 4) is 5.69 Å². The number of aryl methyl sites for hydroxylation is 2. The topological polar surface area (TPSA) is 89.8 Å². The van der Waals surface area contributed by atoms with Gasteiger partial charge < -0.3 is 5.32 Å². The van der Waals surface area contributed by atoms with Crippen molar-refractivity contribution in [2.24, 2.45) is 5.41 Å². The fraction of sp³-hybridized carbons (Fsp3) is 0.348. The van der Waals surface area contributed by atoms with Gasteiger partial charge in [0.1, 0.15) is 0 Å². The highest BCUT2D eigenvalue weighted by Gasteiger charge is 2.23. The van der Waals surface area contributed by atoms with Crippen LogP contribution in [0.5, 0.6) is 0 Å². The maximum Gasteiger partial charge on any atom is 0.229 e. The maximum atomic E-state index is 12.9. The van der Waals surface area contributed by atoms with Gasteiger partial charge in [0.15, 0.2) is 5.78 Å². The van der Waals surface area contributed by atoms with Gasteiger partial charge in [0.2, 0.25) is 11.1 Å². The van der Waals surface area contributed by atoms with Crippen LogP contribution in [0, 0.1) is 19.3 Å². The first-order chi connectivity index (χ1) is 14.6. The molecule has 162 valence electrons.